The molecule has 0 unspecified atom stereocenters. The molecule has 0 saturated heterocycles. The zero-order chi connectivity index (χ0) is 33.0. The van der Waals surface area contributed by atoms with Crippen molar-refractivity contribution >= 4 is 71.3 Å². The summed E-state index contributed by atoms with van der Waals surface area (Å²) in [5.41, 5.74) is 9.73. The van der Waals surface area contributed by atoms with E-state index in [0.717, 1.165) is 44.6 Å². The zero-order valence-electron chi connectivity index (χ0n) is 27.3. The van der Waals surface area contributed by atoms with Crippen LogP contribution in [0.4, 0.5) is 17.1 Å². The van der Waals surface area contributed by atoms with Crippen molar-refractivity contribution in [2.75, 3.05) is 4.90 Å². The SMILES string of the molecule is c1ccc(N(c2ccc(-c3cc4ccccc4c4ccccc34)cc2)c2ccc3c(c2)oc2ccccc23)c(-c2ccc3ccccc3c2)c1. The highest BCUT2D eigenvalue weighted by Crippen LogP contribution is 2.44. The van der Waals surface area contributed by atoms with E-state index in [-0.39, 0.29) is 0 Å². The van der Waals surface area contributed by atoms with Crippen LogP contribution in [0.25, 0.3) is 76.5 Å². The molecule has 10 rings (SSSR count). The van der Waals surface area contributed by atoms with Gasteiger partial charge in [-0.25, -0.2) is 0 Å². The van der Waals surface area contributed by atoms with Gasteiger partial charge >= 0.3 is 0 Å². The third-order valence-corrected chi connectivity index (χ3v) is 10.0. The van der Waals surface area contributed by atoms with Crippen LogP contribution in [-0.4, -0.2) is 0 Å². The van der Waals surface area contributed by atoms with Gasteiger partial charge < -0.3 is 9.32 Å². The number of hydrogen-bond acceptors (Lipinski definition) is 2. The van der Waals surface area contributed by atoms with Crippen molar-refractivity contribution in [3.05, 3.63) is 188 Å². The lowest BCUT2D eigenvalue weighted by atomic mass is 9.93. The first-order valence-corrected chi connectivity index (χ1v) is 17.1. The van der Waals surface area contributed by atoms with Gasteiger partial charge in [0.2, 0.25) is 0 Å². The third kappa shape index (κ3) is 4.65. The van der Waals surface area contributed by atoms with Crippen molar-refractivity contribution in [2.45, 2.75) is 0 Å². The van der Waals surface area contributed by atoms with Crippen LogP contribution in [0.3, 0.4) is 0 Å². The highest BCUT2D eigenvalue weighted by molar-refractivity contribution is 6.14. The number of anilines is 3. The number of para-hydroxylation sites is 2. The van der Waals surface area contributed by atoms with Crippen molar-refractivity contribution in [3.8, 4) is 22.3 Å². The van der Waals surface area contributed by atoms with Crippen LogP contribution in [-0.2, 0) is 0 Å². The largest absolute Gasteiger partial charge is 0.456 e. The molecule has 0 saturated carbocycles. The average Bonchev–Trinajstić information content (AvgIpc) is 3.56. The molecule has 0 aliphatic heterocycles. The second-order valence-electron chi connectivity index (χ2n) is 12.9. The second kappa shape index (κ2) is 11.5. The molecule has 50 heavy (non-hydrogen) atoms. The molecule has 10 aromatic rings. The van der Waals surface area contributed by atoms with Crippen LogP contribution < -0.4 is 4.90 Å². The van der Waals surface area contributed by atoms with Gasteiger partial charge in [-0.05, 0) is 97.5 Å². The van der Waals surface area contributed by atoms with Crippen molar-refractivity contribution in [1.82, 2.24) is 0 Å². The zero-order valence-corrected chi connectivity index (χ0v) is 27.3. The van der Waals surface area contributed by atoms with Crippen LogP contribution in [0.5, 0.6) is 0 Å². The average molecular weight is 638 g/mol. The van der Waals surface area contributed by atoms with Crippen molar-refractivity contribution in [1.29, 1.82) is 0 Å². The van der Waals surface area contributed by atoms with E-state index in [4.69, 9.17) is 4.42 Å². The van der Waals surface area contributed by atoms with Gasteiger partial charge in [-0.15, -0.1) is 0 Å². The molecule has 1 heterocycles. The van der Waals surface area contributed by atoms with Crippen LogP contribution in [0.15, 0.2) is 192 Å². The van der Waals surface area contributed by atoms with E-state index < -0.39 is 0 Å². The smallest absolute Gasteiger partial charge is 0.137 e. The molecule has 0 aliphatic carbocycles. The summed E-state index contributed by atoms with van der Waals surface area (Å²) < 4.78 is 6.40. The summed E-state index contributed by atoms with van der Waals surface area (Å²) in [6, 6.07) is 67.6. The van der Waals surface area contributed by atoms with Crippen molar-refractivity contribution in [3.63, 3.8) is 0 Å². The molecule has 0 N–H and O–H groups in total. The lowest BCUT2D eigenvalue weighted by molar-refractivity contribution is 0.669. The molecular formula is C48H31NO. The fraction of sp³-hybridized carbons (Fsp3) is 0. The number of fused-ring (bicyclic) bond motifs is 7. The summed E-state index contributed by atoms with van der Waals surface area (Å²) in [5, 5.41) is 9.76. The van der Waals surface area contributed by atoms with E-state index in [0.29, 0.717) is 0 Å². The van der Waals surface area contributed by atoms with Crippen LogP contribution in [0.2, 0.25) is 0 Å². The lowest BCUT2D eigenvalue weighted by Crippen LogP contribution is -2.11. The molecule has 2 heteroatoms. The summed E-state index contributed by atoms with van der Waals surface area (Å²) in [6.45, 7) is 0. The highest BCUT2D eigenvalue weighted by atomic mass is 16.3. The van der Waals surface area contributed by atoms with Gasteiger partial charge in [-0.3, -0.25) is 0 Å². The minimum Gasteiger partial charge on any atom is -0.456 e. The minimum absolute atomic E-state index is 0.871. The van der Waals surface area contributed by atoms with Gasteiger partial charge in [0.05, 0.1) is 5.69 Å². The van der Waals surface area contributed by atoms with E-state index in [2.05, 4.69) is 181 Å². The first kappa shape index (κ1) is 28.4. The number of benzene rings is 9. The molecule has 234 valence electrons. The lowest BCUT2D eigenvalue weighted by Gasteiger charge is -2.28. The maximum absolute atomic E-state index is 6.40. The maximum atomic E-state index is 6.40. The first-order chi connectivity index (χ1) is 24.8. The molecule has 0 bridgehead atoms. The molecule has 0 atom stereocenters. The van der Waals surface area contributed by atoms with Gasteiger partial charge in [0, 0.05) is 33.8 Å². The van der Waals surface area contributed by atoms with Gasteiger partial charge in [0.1, 0.15) is 11.2 Å². The van der Waals surface area contributed by atoms with Gasteiger partial charge in [0.25, 0.3) is 0 Å². The molecule has 2 nitrogen and oxygen atoms in total. The first-order valence-electron chi connectivity index (χ1n) is 17.1. The van der Waals surface area contributed by atoms with E-state index >= 15 is 0 Å². The topological polar surface area (TPSA) is 16.4 Å². The maximum Gasteiger partial charge on any atom is 0.137 e. The molecule has 9 aromatic carbocycles. The van der Waals surface area contributed by atoms with Crippen LogP contribution >= 0.6 is 0 Å². The number of rotatable bonds is 5. The monoisotopic (exact) mass is 637 g/mol. The predicted octanol–water partition coefficient (Wildman–Crippen LogP) is 13.8. The van der Waals surface area contributed by atoms with Gasteiger partial charge in [-0.2, -0.15) is 0 Å². The fourth-order valence-electron chi connectivity index (χ4n) is 7.63. The standard InChI is InChI=1S/C48H31NO/c1-2-12-34-29-36(22-21-32(34)11-1)40-15-7-9-19-46(40)49(38-27-28-44-43-18-8-10-20-47(43)50-48(44)31-38)37-25-23-33(24-26-37)45-30-35-13-3-4-14-39(35)41-16-5-6-17-42(41)45/h1-31H. The Morgan fingerprint density at radius 1 is 0.320 bits per heavy atom. The summed E-state index contributed by atoms with van der Waals surface area (Å²) in [4.78, 5) is 2.36. The number of hydrogen-bond donors (Lipinski definition) is 0. The number of nitrogens with zero attached hydrogens (tertiary/aromatic N) is 1. The van der Waals surface area contributed by atoms with Gasteiger partial charge in [-0.1, -0.05) is 133 Å². The molecule has 1 aromatic heterocycles. The van der Waals surface area contributed by atoms with Gasteiger partial charge in [0.15, 0.2) is 0 Å². The van der Waals surface area contributed by atoms with E-state index in [1.807, 2.05) is 12.1 Å². The Morgan fingerprint density at radius 3 is 1.80 bits per heavy atom. The van der Waals surface area contributed by atoms with Crippen molar-refractivity contribution < 1.29 is 4.42 Å². The Kier molecular flexibility index (Phi) is 6.53. The summed E-state index contributed by atoms with van der Waals surface area (Å²) in [6.07, 6.45) is 0. The normalized spacial score (nSPS) is 11.6. The Balaban J connectivity index is 1.16. The van der Waals surface area contributed by atoms with Crippen LogP contribution in [0.1, 0.15) is 0 Å². The van der Waals surface area contributed by atoms with E-state index in [1.54, 1.807) is 0 Å². The minimum atomic E-state index is 0.871. The second-order valence-corrected chi connectivity index (χ2v) is 12.9. The van der Waals surface area contributed by atoms with Crippen LogP contribution in [0, 0.1) is 0 Å². The highest BCUT2D eigenvalue weighted by Gasteiger charge is 2.19. The van der Waals surface area contributed by atoms with Crippen molar-refractivity contribution in [2.24, 2.45) is 0 Å². The predicted molar refractivity (Wildman–Crippen MR) is 212 cm³/mol. The Labute approximate surface area is 290 Å². The third-order valence-electron chi connectivity index (χ3n) is 10.0. The van der Waals surface area contributed by atoms with E-state index in [1.165, 1.54) is 49.0 Å². The summed E-state index contributed by atoms with van der Waals surface area (Å²) in [7, 11) is 0. The summed E-state index contributed by atoms with van der Waals surface area (Å²) in [5.74, 6) is 0. The summed E-state index contributed by atoms with van der Waals surface area (Å²) >= 11 is 0. The Hall–Kier alpha value is -6.64. The quantitative estimate of drug-likeness (QED) is 0.175. The van der Waals surface area contributed by atoms with E-state index in [9.17, 15) is 0 Å². The molecule has 0 amide bonds. The molecule has 0 fully saturated rings. The fourth-order valence-corrected chi connectivity index (χ4v) is 7.63. The molecular weight excluding hydrogens is 607 g/mol. The number of furan rings is 1. The molecule has 0 spiro atoms. The molecule has 0 aliphatic rings. The molecule has 0 radical (unpaired) electrons. The Bertz CT molecular complexity index is 2880. The Morgan fingerprint density at radius 2 is 0.940 bits per heavy atom.